The highest BCUT2D eigenvalue weighted by Gasteiger charge is 2.17. The SMILES string of the molecule is CCCCCC(CC(=O)CCc1ccc(OC(C)=O)c(OC)c1)OC(C)=O. The van der Waals surface area contributed by atoms with E-state index in [0.717, 1.165) is 24.8 Å². The van der Waals surface area contributed by atoms with E-state index < -0.39 is 5.97 Å². The van der Waals surface area contributed by atoms with Crippen LogP contribution in [0.2, 0.25) is 0 Å². The van der Waals surface area contributed by atoms with Gasteiger partial charge < -0.3 is 14.2 Å². The summed E-state index contributed by atoms with van der Waals surface area (Å²) in [6, 6.07) is 5.22. The Morgan fingerprint density at radius 3 is 2.37 bits per heavy atom. The highest BCUT2D eigenvalue weighted by Crippen LogP contribution is 2.28. The zero-order valence-electron chi connectivity index (χ0n) is 16.7. The van der Waals surface area contributed by atoms with Crippen LogP contribution in [-0.2, 0) is 25.5 Å². The van der Waals surface area contributed by atoms with Gasteiger partial charge in [-0.15, -0.1) is 0 Å². The molecule has 27 heavy (non-hydrogen) atoms. The third kappa shape index (κ3) is 9.22. The van der Waals surface area contributed by atoms with Gasteiger partial charge in [0.15, 0.2) is 11.5 Å². The van der Waals surface area contributed by atoms with Crippen LogP contribution < -0.4 is 9.47 Å². The van der Waals surface area contributed by atoms with E-state index in [9.17, 15) is 14.4 Å². The van der Waals surface area contributed by atoms with E-state index in [4.69, 9.17) is 14.2 Å². The molecule has 6 nitrogen and oxygen atoms in total. The Morgan fingerprint density at radius 1 is 1.04 bits per heavy atom. The molecule has 0 saturated heterocycles. The van der Waals surface area contributed by atoms with E-state index in [2.05, 4.69) is 6.92 Å². The number of hydrogen-bond acceptors (Lipinski definition) is 6. The van der Waals surface area contributed by atoms with Crippen molar-refractivity contribution < 1.29 is 28.6 Å². The van der Waals surface area contributed by atoms with Gasteiger partial charge in [0.1, 0.15) is 11.9 Å². The van der Waals surface area contributed by atoms with Crippen molar-refractivity contribution in [2.45, 2.75) is 71.8 Å². The first-order chi connectivity index (χ1) is 12.8. The number of Topliss-reactive ketones (excluding diaryl/α,β-unsaturated/α-hetero) is 1. The number of unbranched alkanes of at least 4 members (excludes halogenated alkanes) is 2. The van der Waals surface area contributed by atoms with E-state index in [1.165, 1.54) is 21.0 Å². The van der Waals surface area contributed by atoms with Crippen LogP contribution in [0, 0.1) is 0 Å². The maximum absolute atomic E-state index is 12.3. The zero-order chi connectivity index (χ0) is 20.2. The number of aryl methyl sites for hydroxylation is 1. The number of hydrogen-bond donors (Lipinski definition) is 0. The fraction of sp³-hybridized carbons (Fsp3) is 0.571. The smallest absolute Gasteiger partial charge is 0.308 e. The van der Waals surface area contributed by atoms with Crippen molar-refractivity contribution in [1.82, 2.24) is 0 Å². The van der Waals surface area contributed by atoms with Gasteiger partial charge in [-0.3, -0.25) is 14.4 Å². The molecule has 150 valence electrons. The number of ketones is 1. The first-order valence-corrected chi connectivity index (χ1v) is 9.40. The fourth-order valence-corrected chi connectivity index (χ4v) is 2.81. The highest BCUT2D eigenvalue weighted by molar-refractivity contribution is 5.79. The summed E-state index contributed by atoms with van der Waals surface area (Å²) >= 11 is 0. The number of esters is 2. The van der Waals surface area contributed by atoms with Gasteiger partial charge in [0.05, 0.1) is 7.11 Å². The number of rotatable bonds is 12. The van der Waals surface area contributed by atoms with Crippen LogP contribution in [0.1, 0.15) is 64.9 Å². The average Bonchev–Trinajstić information content (AvgIpc) is 2.60. The summed E-state index contributed by atoms with van der Waals surface area (Å²) in [7, 11) is 1.50. The molecule has 1 rings (SSSR count). The van der Waals surface area contributed by atoms with Crippen molar-refractivity contribution in [3.05, 3.63) is 23.8 Å². The molecular weight excluding hydrogens is 348 g/mol. The summed E-state index contributed by atoms with van der Waals surface area (Å²) in [6.45, 7) is 4.80. The van der Waals surface area contributed by atoms with E-state index in [1.807, 2.05) is 0 Å². The molecule has 0 aliphatic carbocycles. The third-order valence-corrected chi connectivity index (χ3v) is 4.09. The molecule has 0 amide bonds. The van der Waals surface area contributed by atoms with Crippen LogP contribution in [0.25, 0.3) is 0 Å². The normalized spacial score (nSPS) is 11.6. The van der Waals surface area contributed by atoms with Gasteiger partial charge in [0, 0.05) is 26.7 Å². The van der Waals surface area contributed by atoms with E-state index in [1.54, 1.807) is 18.2 Å². The largest absolute Gasteiger partial charge is 0.493 e. The highest BCUT2D eigenvalue weighted by atomic mass is 16.6. The first kappa shape index (κ1) is 22.7. The number of benzene rings is 1. The van der Waals surface area contributed by atoms with Crippen LogP contribution in [0.15, 0.2) is 18.2 Å². The molecule has 0 aliphatic heterocycles. The molecule has 6 heteroatoms. The van der Waals surface area contributed by atoms with Crippen molar-refractivity contribution in [2.75, 3.05) is 7.11 Å². The van der Waals surface area contributed by atoms with Gasteiger partial charge in [0.25, 0.3) is 0 Å². The van der Waals surface area contributed by atoms with Crippen molar-refractivity contribution >= 4 is 17.7 Å². The Labute approximate surface area is 161 Å². The maximum atomic E-state index is 12.3. The maximum Gasteiger partial charge on any atom is 0.308 e. The molecule has 1 aromatic rings. The Balaban J connectivity index is 2.60. The number of methoxy groups -OCH3 is 1. The van der Waals surface area contributed by atoms with Gasteiger partial charge in [-0.25, -0.2) is 0 Å². The Bertz CT molecular complexity index is 638. The van der Waals surface area contributed by atoms with Gasteiger partial charge in [0.2, 0.25) is 0 Å². The summed E-state index contributed by atoms with van der Waals surface area (Å²) in [4.78, 5) is 34.7. The molecule has 0 heterocycles. The topological polar surface area (TPSA) is 78.9 Å². The van der Waals surface area contributed by atoms with Crippen LogP contribution in [0.4, 0.5) is 0 Å². The lowest BCUT2D eigenvalue weighted by Gasteiger charge is -2.16. The van der Waals surface area contributed by atoms with Crippen LogP contribution in [0.5, 0.6) is 11.5 Å². The Kier molecular flexibility index (Phi) is 10.2. The van der Waals surface area contributed by atoms with Gasteiger partial charge >= 0.3 is 11.9 Å². The number of ether oxygens (including phenoxy) is 3. The standard InChI is InChI=1S/C21H30O6/c1-5-6-7-8-19(26-15(2)22)14-18(24)11-9-17-10-12-20(27-16(3)23)21(13-17)25-4/h10,12-13,19H,5-9,11,14H2,1-4H3. The van der Waals surface area contributed by atoms with Crippen molar-refractivity contribution in [3.8, 4) is 11.5 Å². The fourth-order valence-electron chi connectivity index (χ4n) is 2.81. The minimum atomic E-state index is -0.421. The summed E-state index contributed by atoms with van der Waals surface area (Å²) in [5.74, 6) is 0.0881. The number of carbonyl (C=O) groups is 3. The minimum Gasteiger partial charge on any atom is -0.493 e. The molecule has 0 N–H and O–H groups in total. The zero-order valence-corrected chi connectivity index (χ0v) is 16.7. The van der Waals surface area contributed by atoms with E-state index >= 15 is 0 Å². The predicted molar refractivity (Wildman–Crippen MR) is 102 cm³/mol. The molecular formula is C21H30O6. The second-order valence-electron chi connectivity index (χ2n) is 6.55. The predicted octanol–water partition coefficient (Wildman–Crippen LogP) is 4.02. The Morgan fingerprint density at radius 2 is 1.78 bits per heavy atom. The van der Waals surface area contributed by atoms with Gasteiger partial charge in [-0.1, -0.05) is 25.8 Å². The molecule has 1 aromatic carbocycles. The quantitative estimate of drug-likeness (QED) is 0.310. The second kappa shape index (κ2) is 12.1. The van der Waals surface area contributed by atoms with Gasteiger partial charge in [-0.2, -0.15) is 0 Å². The molecule has 1 atom stereocenters. The molecule has 1 unspecified atom stereocenters. The Hall–Kier alpha value is -2.37. The van der Waals surface area contributed by atoms with Gasteiger partial charge in [-0.05, 0) is 37.0 Å². The van der Waals surface area contributed by atoms with Crippen molar-refractivity contribution in [3.63, 3.8) is 0 Å². The lowest BCUT2D eigenvalue weighted by Crippen LogP contribution is -2.20. The monoisotopic (exact) mass is 378 g/mol. The summed E-state index contributed by atoms with van der Waals surface area (Å²) < 4.78 is 15.6. The number of carbonyl (C=O) groups excluding carboxylic acids is 3. The molecule has 0 aliphatic rings. The van der Waals surface area contributed by atoms with Crippen LogP contribution in [-0.4, -0.2) is 30.9 Å². The molecule has 0 bridgehead atoms. The molecule has 0 fully saturated rings. The summed E-state index contributed by atoms with van der Waals surface area (Å²) in [6.07, 6.45) is 4.57. The van der Waals surface area contributed by atoms with E-state index in [-0.39, 0.29) is 24.3 Å². The molecule has 0 saturated carbocycles. The average molecular weight is 378 g/mol. The third-order valence-electron chi connectivity index (χ3n) is 4.09. The minimum absolute atomic E-state index is 0.0563. The summed E-state index contributed by atoms with van der Waals surface area (Å²) in [5.41, 5.74) is 0.908. The van der Waals surface area contributed by atoms with Crippen molar-refractivity contribution in [1.29, 1.82) is 0 Å². The first-order valence-electron chi connectivity index (χ1n) is 9.40. The van der Waals surface area contributed by atoms with Crippen LogP contribution >= 0.6 is 0 Å². The van der Waals surface area contributed by atoms with E-state index in [0.29, 0.717) is 30.8 Å². The second-order valence-corrected chi connectivity index (χ2v) is 6.55. The lowest BCUT2D eigenvalue weighted by molar-refractivity contribution is -0.148. The van der Waals surface area contributed by atoms with Crippen molar-refractivity contribution in [2.24, 2.45) is 0 Å². The molecule has 0 spiro atoms. The lowest BCUT2D eigenvalue weighted by atomic mass is 10.0. The molecule has 0 radical (unpaired) electrons. The molecule has 0 aromatic heterocycles. The summed E-state index contributed by atoms with van der Waals surface area (Å²) in [5, 5.41) is 0. The van der Waals surface area contributed by atoms with Crippen LogP contribution in [0.3, 0.4) is 0 Å².